The Kier molecular flexibility index (Phi) is 3.58. The Hall–Kier alpha value is -1.54. The van der Waals surface area contributed by atoms with E-state index < -0.39 is 5.97 Å². The fraction of sp³-hybridized carbons (Fsp3) is 0.462. The number of hydrogen-bond donors (Lipinski definition) is 1. The molecule has 1 aliphatic carbocycles. The van der Waals surface area contributed by atoms with E-state index in [1.54, 1.807) is 23.9 Å². The van der Waals surface area contributed by atoms with Gasteiger partial charge in [0, 0.05) is 11.4 Å². The van der Waals surface area contributed by atoms with Gasteiger partial charge in [-0.15, -0.1) is 11.8 Å². The molecule has 0 atom stereocenters. The number of aromatic nitrogens is 1. The van der Waals surface area contributed by atoms with Gasteiger partial charge < -0.3 is 5.11 Å². The van der Waals surface area contributed by atoms with Crippen molar-refractivity contribution in [1.82, 2.24) is 4.98 Å². The van der Waals surface area contributed by atoms with Crippen molar-refractivity contribution in [1.29, 1.82) is 5.26 Å². The molecule has 1 fully saturated rings. The average Bonchev–Trinajstić information content (AvgIpc) is 3.05. The van der Waals surface area contributed by atoms with Crippen LogP contribution in [0.25, 0.3) is 0 Å². The number of carboxylic acids is 1. The molecular formula is C13H14N2O2S. The molecule has 1 heterocycles. The number of aryl methyl sites for hydroxylation is 1. The van der Waals surface area contributed by atoms with E-state index in [0.29, 0.717) is 5.56 Å². The molecule has 1 aromatic rings. The molecule has 0 amide bonds. The first-order valence-corrected chi connectivity index (χ1v) is 6.75. The summed E-state index contributed by atoms with van der Waals surface area (Å²) in [5.74, 6) is 0.0312. The number of nitriles is 1. The van der Waals surface area contributed by atoms with Crippen molar-refractivity contribution in [2.75, 3.05) is 5.75 Å². The predicted octanol–water partition coefficient (Wildman–Crippen LogP) is 2.61. The second kappa shape index (κ2) is 4.99. The van der Waals surface area contributed by atoms with E-state index in [1.807, 2.05) is 6.92 Å². The van der Waals surface area contributed by atoms with Crippen LogP contribution in [0.5, 0.6) is 0 Å². The minimum Gasteiger partial charge on any atom is -0.481 e. The van der Waals surface area contributed by atoms with Crippen molar-refractivity contribution in [3.05, 3.63) is 23.4 Å². The summed E-state index contributed by atoms with van der Waals surface area (Å²) in [6.07, 6.45) is 2.18. The molecule has 94 valence electrons. The molecule has 18 heavy (non-hydrogen) atoms. The van der Waals surface area contributed by atoms with Gasteiger partial charge in [-0.2, -0.15) is 5.26 Å². The Labute approximate surface area is 110 Å². The third kappa shape index (κ3) is 3.23. The maximum Gasteiger partial charge on any atom is 0.303 e. The minimum absolute atomic E-state index is 0.0469. The molecule has 0 aromatic carbocycles. The van der Waals surface area contributed by atoms with Gasteiger partial charge in [-0.1, -0.05) is 0 Å². The topological polar surface area (TPSA) is 74.0 Å². The second-order valence-electron chi connectivity index (χ2n) is 4.81. The lowest BCUT2D eigenvalue weighted by atomic mass is 10.1. The van der Waals surface area contributed by atoms with E-state index in [-0.39, 0.29) is 11.8 Å². The molecule has 1 aliphatic rings. The fourth-order valence-corrected chi connectivity index (χ4v) is 3.14. The Morgan fingerprint density at radius 1 is 1.61 bits per heavy atom. The zero-order valence-corrected chi connectivity index (χ0v) is 11.0. The van der Waals surface area contributed by atoms with Gasteiger partial charge in [-0.05, 0) is 37.3 Å². The second-order valence-corrected chi connectivity index (χ2v) is 5.80. The third-order valence-electron chi connectivity index (χ3n) is 3.07. The maximum absolute atomic E-state index is 10.8. The van der Waals surface area contributed by atoms with Gasteiger partial charge in [-0.25, -0.2) is 4.98 Å². The van der Waals surface area contributed by atoms with Crippen LogP contribution in [-0.4, -0.2) is 21.8 Å². The summed E-state index contributed by atoms with van der Waals surface area (Å²) in [4.78, 5) is 15.1. The molecule has 0 unspecified atom stereocenters. The summed E-state index contributed by atoms with van der Waals surface area (Å²) in [6, 6.07) is 5.61. The third-order valence-corrected chi connectivity index (χ3v) is 4.33. The zero-order valence-electron chi connectivity index (χ0n) is 10.1. The summed E-state index contributed by atoms with van der Waals surface area (Å²) < 4.78 is 0. The van der Waals surface area contributed by atoms with E-state index in [2.05, 4.69) is 11.1 Å². The molecule has 0 spiro atoms. The molecule has 1 aromatic heterocycles. The van der Waals surface area contributed by atoms with Gasteiger partial charge in [0.15, 0.2) is 0 Å². The van der Waals surface area contributed by atoms with E-state index in [9.17, 15) is 4.79 Å². The van der Waals surface area contributed by atoms with Crippen LogP contribution in [0.3, 0.4) is 0 Å². The zero-order chi connectivity index (χ0) is 13.2. The number of aliphatic carboxylic acids is 1. The van der Waals surface area contributed by atoms with Gasteiger partial charge in [0.1, 0.15) is 0 Å². The first kappa shape index (κ1) is 12.9. The van der Waals surface area contributed by atoms with Gasteiger partial charge >= 0.3 is 5.97 Å². The van der Waals surface area contributed by atoms with E-state index in [0.717, 1.165) is 29.3 Å². The van der Waals surface area contributed by atoms with Crippen LogP contribution in [0.2, 0.25) is 0 Å². The Bertz CT molecular complexity index is 518. The number of carboxylic acid groups (broad SMARTS) is 1. The predicted molar refractivity (Wildman–Crippen MR) is 68.3 cm³/mol. The first-order chi connectivity index (χ1) is 8.53. The monoisotopic (exact) mass is 262 g/mol. The number of hydrogen-bond acceptors (Lipinski definition) is 4. The highest BCUT2D eigenvalue weighted by atomic mass is 32.2. The maximum atomic E-state index is 10.8. The van der Waals surface area contributed by atoms with Crippen LogP contribution in [0.15, 0.2) is 17.2 Å². The smallest absolute Gasteiger partial charge is 0.303 e. The normalized spacial score (nSPS) is 16.0. The van der Waals surface area contributed by atoms with Crippen LogP contribution < -0.4 is 0 Å². The summed E-state index contributed by atoms with van der Waals surface area (Å²) in [5, 5.41) is 18.5. The van der Waals surface area contributed by atoms with E-state index in [4.69, 9.17) is 10.4 Å². The molecule has 0 radical (unpaired) electrons. The van der Waals surface area contributed by atoms with Gasteiger partial charge in [0.25, 0.3) is 0 Å². The van der Waals surface area contributed by atoms with Gasteiger partial charge in [-0.3, -0.25) is 4.79 Å². The van der Waals surface area contributed by atoms with Crippen molar-refractivity contribution >= 4 is 17.7 Å². The molecule has 5 heteroatoms. The lowest BCUT2D eigenvalue weighted by molar-refractivity contribution is -0.138. The SMILES string of the molecule is Cc1cc(C#N)cc(SCC2(CC(=O)O)CC2)n1. The first-order valence-electron chi connectivity index (χ1n) is 5.76. The highest BCUT2D eigenvalue weighted by Gasteiger charge is 2.44. The van der Waals surface area contributed by atoms with Crippen LogP contribution in [0, 0.1) is 23.7 Å². The lowest BCUT2D eigenvalue weighted by Gasteiger charge is -2.11. The van der Waals surface area contributed by atoms with Crippen LogP contribution >= 0.6 is 11.8 Å². The Morgan fingerprint density at radius 3 is 2.89 bits per heavy atom. The number of carbonyl (C=O) groups is 1. The van der Waals surface area contributed by atoms with Crippen LogP contribution in [0.1, 0.15) is 30.5 Å². The molecule has 0 bridgehead atoms. The molecule has 0 saturated heterocycles. The molecule has 4 nitrogen and oxygen atoms in total. The van der Waals surface area contributed by atoms with Crippen molar-refractivity contribution in [3.63, 3.8) is 0 Å². The summed E-state index contributed by atoms with van der Waals surface area (Å²) in [7, 11) is 0. The lowest BCUT2D eigenvalue weighted by Crippen LogP contribution is -2.11. The highest BCUT2D eigenvalue weighted by Crippen LogP contribution is 2.51. The van der Waals surface area contributed by atoms with Crippen LogP contribution in [0.4, 0.5) is 0 Å². The molecular weight excluding hydrogens is 248 g/mol. The molecule has 1 N–H and O–H groups in total. The van der Waals surface area contributed by atoms with Crippen LogP contribution in [-0.2, 0) is 4.79 Å². The van der Waals surface area contributed by atoms with Crippen molar-refractivity contribution in [3.8, 4) is 6.07 Å². The minimum atomic E-state index is -0.733. The Balaban J connectivity index is 2.01. The van der Waals surface area contributed by atoms with Crippen molar-refractivity contribution in [2.45, 2.75) is 31.2 Å². The van der Waals surface area contributed by atoms with Gasteiger partial charge in [0.05, 0.1) is 23.1 Å². The Morgan fingerprint density at radius 2 is 2.33 bits per heavy atom. The molecule has 2 rings (SSSR count). The number of pyridine rings is 1. The summed E-state index contributed by atoms with van der Waals surface area (Å²) >= 11 is 1.55. The van der Waals surface area contributed by atoms with E-state index >= 15 is 0 Å². The highest BCUT2D eigenvalue weighted by molar-refractivity contribution is 7.99. The van der Waals surface area contributed by atoms with Crippen molar-refractivity contribution < 1.29 is 9.90 Å². The number of thioether (sulfide) groups is 1. The van der Waals surface area contributed by atoms with E-state index in [1.165, 1.54) is 0 Å². The number of nitrogens with zero attached hydrogens (tertiary/aromatic N) is 2. The standard InChI is InChI=1S/C13H14N2O2S/c1-9-4-10(7-14)5-11(15-9)18-8-13(2-3-13)6-12(16)17/h4-5H,2-3,6,8H2,1H3,(H,16,17). The van der Waals surface area contributed by atoms with Gasteiger partial charge in [0.2, 0.25) is 0 Å². The average molecular weight is 262 g/mol. The molecule has 1 saturated carbocycles. The largest absolute Gasteiger partial charge is 0.481 e. The summed E-state index contributed by atoms with van der Waals surface area (Å²) in [6.45, 7) is 1.86. The molecule has 0 aliphatic heterocycles. The fourth-order valence-electron chi connectivity index (χ4n) is 1.87. The van der Waals surface area contributed by atoms with Crippen molar-refractivity contribution in [2.24, 2.45) is 5.41 Å². The summed E-state index contributed by atoms with van der Waals surface area (Å²) in [5.41, 5.74) is 1.38. The quantitative estimate of drug-likeness (QED) is 0.826. The number of rotatable bonds is 5.